The molecule has 0 spiro atoms. The van der Waals surface area contributed by atoms with Gasteiger partial charge in [0.1, 0.15) is 0 Å². The molecule has 2 N–H and O–H groups in total. The van der Waals surface area contributed by atoms with Gasteiger partial charge in [0.05, 0.1) is 23.6 Å². The number of nitrogens with one attached hydrogen (secondary N) is 2. The molecule has 0 bridgehead atoms. The van der Waals surface area contributed by atoms with Gasteiger partial charge in [-0.05, 0) is 31.9 Å². The number of benzene rings is 1. The number of hydrogen-bond acceptors (Lipinski definition) is 3. The Hall–Kier alpha value is -2.34. The van der Waals surface area contributed by atoms with Gasteiger partial charge in [-0.3, -0.25) is 9.59 Å². The number of hydrogen-bond donors (Lipinski definition) is 2. The number of fused-ring (bicyclic) bond motifs is 1. The van der Waals surface area contributed by atoms with E-state index >= 15 is 0 Å². The largest absolute Gasteiger partial charge is 0.383 e. The number of amides is 2. The highest BCUT2D eigenvalue weighted by molar-refractivity contribution is 6.06. The van der Waals surface area contributed by atoms with Gasteiger partial charge in [0.15, 0.2) is 0 Å². The van der Waals surface area contributed by atoms with Gasteiger partial charge in [-0.2, -0.15) is 0 Å². The fourth-order valence-corrected chi connectivity index (χ4v) is 3.44. The van der Waals surface area contributed by atoms with E-state index in [1.54, 1.807) is 7.11 Å². The third kappa shape index (κ3) is 3.69. The fraction of sp³-hybridized carbons (Fsp3) is 0.474. The van der Waals surface area contributed by atoms with Crippen LogP contribution in [0.3, 0.4) is 0 Å². The van der Waals surface area contributed by atoms with Crippen molar-refractivity contribution in [2.45, 2.75) is 25.8 Å². The van der Waals surface area contributed by atoms with E-state index in [1.807, 2.05) is 42.3 Å². The van der Waals surface area contributed by atoms with Crippen molar-refractivity contribution in [1.29, 1.82) is 0 Å². The van der Waals surface area contributed by atoms with E-state index < -0.39 is 0 Å². The second-order valence-corrected chi connectivity index (χ2v) is 6.61. The summed E-state index contributed by atoms with van der Waals surface area (Å²) in [5.74, 6) is -0.186. The molecule has 0 aliphatic carbocycles. The lowest BCUT2D eigenvalue weighted by Crippen LogP contribution is -2.49. The summed E-state index contributed by atoms with van der Waals surface area (Å²) in [5.41, 5.74) is 1.51. The maximum Gasteiger partial charge on any atom is 0.256 e. The molecule has 6 heteroatoms. The number of methoxy groups -OCH3 is 1. The minimum atomic E-state index is -0.167. The van der Waals surface area contributed by atoms with Crippen LogP contribution in [0.4, 0.5) is 0 Å². The van der Waals surface area contributed by atoms with Crippen molar-refractivity contribution in [2.24, 2.45) is 5.92 Å². The topological polar surface area (TPSA) is 74.4 Å². The molecule has 1 aliphatic heterocycles. The molecule has 1 fully saturated rings. The van der Waals surface area contributed by atoms with E-state index in [0.29, 0.717) is 25.3 Å². The Morgan fingerprint density at radius 1 is 1.32 bits per heavy atom. The molecule has 0 unspecified atom stereocenters. The predicted octanol–water partition coefficient (Wildman–Crippen LogP) is 2.17. The minimum Gasteiger partial charge on any atom is -0.383 e. The zero-order chi connectivity index (χ0) is 17.8. The molecule has 134 valence electrons. The molecule has 2 amide bonds. The summed E-state index contributed by atoms with van der Waals surface area (Å²) in [6.07, 6.45) is 3.47. The second kappa shape index (κ2) is 7.70. The van der Waals surface area contributed by atoms with Crippen LogP contribution < -0.4 is 5.32 Å². The molecule has 1 aliphatic rings. The van der Waals surface area contributed by atoms with Gasteiger partial charge in [0.2, 0.25) is 5.91 Å². The number of likely N-dealkylation sites (tertiary alicyclic amines) is 1. The highest BCUT2D eigenvalue weighted by Gasteiger charge is 2.33. The third-order valence-corrected chi connectivity index (χ3v) is 4.94. The number of carbonyl (C=O) groups excluding carboxylic acids is 2. The number of nitrogens with zero attached hydrogens (tertiary/aromatic N) is 1. The predicted molar refractivity (Wildman–Crippen MR) is 96.4 cm³/mol. The van der Waals surface area contributed by atoms with Crippen molar-refractivity contribution in [3.05, 3.63) is 36.0 Å². The summed E-state index contributed by atoms with van der Waals surface area (Å²) in [6.45, 7) is 3.49. The molecule has 0 radical (unpaired) electrons. The van der Waals surface area contributed by atoms with Crippen molar-refractivity contribution in [1.82, 2.24) is 15.2 Å². The lowest BCUT2D eigenvalue weighted by molar-refractivity contribution is -0.126. The average molecular weight is 343 g/mol. The van der Waals surface area contributed by atoms with Crippen LogP contribution >= 0.6 is 0 Å². The standard InChI is InChI=1S/C19H25N3O3/c1-13-6-7-15(18(23)21-10-11-25-2)12-22(13)19(24)16-5-3-4-14-8-9-20-17(14)16/h3-5,8-9,13,15,20H,6-7,10-12H2,1-2H3,(H,21,23)/t13-,15-/m1/s1. The summed E-state index contributed by atoms with van der Waals surface area (Å²) in [7, 11) is 1.61. The van der Waals surface area contributed by atoms with Crippen LogP contribution in [0.25, 0.3) is 10.9 Å². The first-order valence-corrected chi connectivity index (χ1v) is 8.75. The number of piperidine rings is 1. The summed E-state index contributed by atoms with van der Waals surface area (Å²) >= 11 is 0. The van der Waals surface area contributed by atoms with Crippen molar-refractivity contribution in [3.8, 4) is 0 Å². The molecule has 6 nitrogen and oxygen atoms in total. The Balaban J connectivity index is 1.74. The Morgan fingerprint density at radius 3 is 2.96 bits per heavy atom. The van der Waals surface area contributed by atoms with Crippen molar-refractivity contribution in [2.75, 3.05) is 26.8 Å². The molecule has 0 saturated carbocycles. The molecule has 1 saturated heterocycles. The zero-order valence-corrected chi connectivity index (χ0v) is 14.7. The summed E-state index contributed by atoms with van der Waals surface area (Å²) < 4.78 is 4.96. The number of aromatic amines is 1. The first-order valence-electron chi connectivity index (χ1n) is 8.75. The van der Waals surface area contributed by atoms with Crippen LogP contribution in [0.1, 0.15) is 30.1 Å². The van der Waals surface area contributed by atoms with Crippen LogP contribution in [0.5, 0.6) is 0 Å². The number of H-pyrrole nitrogens is 1. The number of aromatic nitrogens is 1. The summed E-state index contributed by atoms with van der Waals surface area (Å²) in [5, 5.41) is 3.90. The van der Waals surface area contributed by atoms with E-state index in [9.17, 15) is 9.59 Å². The first-order chi connectivity index (χ1) is 12.1. The molecular formula is C19H25N3O3. The van der Waals surface area contributed by atoms with E-state index in [0.717, 1.165) is 23.7 Å². The molecule has 2 atom stereocenters. The Morgan fingerprint density at radius 2 is 2.16 bits per heavy atom. The zero-order valence-electron chi connectivity index (χ0n) is 14.7. The van der Waals surface area contributed by atoms with Crippen LogP contribution in [-0.4, -0.2) is 54.5 Å². The lowest BCUT2D eigenvalue weighted by Gasteiger charge is -2.37. The van der Waals surface area contributed by atoms with Gasteiger partial charge in [-0.15, -0.1) is 0 Å². The van der Waals surface area contributed by atoms with E-state index in [2.05, 4.69) is 10.3 Å². The molecule has 1 aromatic heterocycles. The second-order valence-electron chi connectivity index (χ2n) is 6.61. The Kier molecular flexibility index (Phi) is 5.38. The highest BCUT2D eigenvalue weighted by atomic mass is 16.5. The number of para-hydroxylation sites is 1. The quantitative estimate of drug-likeness (QED) is 0.817. The number of carbonyl (C=O) groups is 2. The lowest BCUT2D eigenvalue weighted by atomic mass is 9.92. The Labute approximate surface area is 147 Å². The molecular weight excluding hydrogens is 318 g/mol. The molecule has 2 heterocycles. The maximum absolute atomic E-state index is 13.1. The van der Waals surface area contributed by atoms with E-state index in [4.69, 9.17) is 4.74 Å². The molecule has 1 aromatic carbocycles. The minimum absolute atomic E-state index is 0.000155. The van der Waals surface area contributed by atoms with Crippen LogP contribution in [0.2, 0.25) is 0 Å². The molecule has 2 aromatic rings. The SMILES string of the molecule is COCCNC(=O)[C@@H]1CC[C@@H](C)N(C(=O)c2cccc3cc[nH]c23)C1. The van der Waals surface area contributed by atoms with Crippen LogP contribution in [0, 0.1) is 5.92 Å². The fourth-order valence-electron chi connectivity index (χ4n) is 3.44. The molecule has 25 heavy (non-hydrogen) atoms. The van der Waals surface area contributed by atoms with Gasteiger partial charge < -0.3 is 19.9 Å². The Bertz CT molecular complexity index is 755. The monoisotopic (exact) mass is 343 g/mol. The summed E-state index contributed by atoms with van der Waals surface area (Å²) in [6, 6.07) is 7.80. The smallest absolute Gasteiger partial charge is 0.256 e. The van der Waals surface area contributed by atoms with Gasteiger partial charge in [0, 0.05) is 37.8 Å². The van der Waals surface area contributed by atoms with Gasteiger partial charge in [0.25, 0.3) is 5.91 Å². The average Bonchev–Trinajstić information content (AvgIpc) is 3.10. The van der Waals surface area contributed by atoms with E-state index in [1.165, 1.54) is 0 Å². The van der Waals surface area contributed by atoms with Crippen molar-refractivity contribution in [3.63, 3.8) is 0 Å². The maximum atomic E-state index is 13.1. The normalized spacial score (nSPS) is 20.6. The first kappa shape index (κ1) is 17.5. The number of ether oxygens (including phenoxy) is 1. The van der Waals surface area contributed by atoms with E-state index in [-0.39, 0.29) is 23.8 Å². The van der Waals surface area contributed by atoms with Crippen molar-refractivity contribution >= 4 is 22.7 Å². The summed E-state index contributed by atoms with van der Waals surface area (Å²) in [4.78, 5) is 30.4. The van der Waals surface area contributed by atoms with Crippen LogP contribution in [0.15, 0.2) is 30.5 Å². The van der Waals surface area contributed by atoms with Gasteiger partial charge >= 0.3 is 0 Å². The van der Waals surface area contributed by atoms with Crippen LogP contribution in [-0.2, 0) is 9.53 Å². The number of rotatable bonds is 5. The van der Waals surface area contributed by atoms with Gasteiger partial charge in [-0.25, -0.2) is 0 Å². The van der Waals surface area contributed by atoms with Gasteiger partial charge in [-0.1, -0.05) is 12.1 Å². The third-order valence-electron chi connectivity index (χ3n) is 4.94. The van der Waals surface area contributed by atoms with Crippen molar-refractivity contribution < 1.29 is 14.3 Å². The highest BCUT2D eigenvalue weighted by Crippen LogP contribution is 2.26. The molecule has 3 rings (SSSR count).